The van der Waals surface area contributed by atoms with Crippen LogP contribution in [0.5, 0.6) is 0 Å². The standard InChI is InChI=1S/C18H32N2O/c1-16(19-11-13-21-14-12-20(4)5)15-18(2,3)17-9-7-6-8-10-17/h6-10,16,19H,11-15H2,1-5H3. The Bertz CT molecular complexity index is 376. The summed E-state index contributed by atoms with van der Waals surface area (Å²) in [5.74, 6) is 0. The molecule has 0 aliphatic carbocycles. The largest absolute Gasteiger partial charge is 0.379 e. The Hall–Kier alpha value is -0.900. The summed E-state index contributed by atoms with van der Waals surface area (Å²) in [4.78, 5) is 2.14. The summed E-state index contributed by atoms with van der Waals surface area (Å²) in [6.45, 7) is 10.4. The lowest BCUT2D eigenvalue weighted by molar-refractivity contribution is 0.117. The SMILES string of the molecule is CC(CC(C)(C)c1ccccc1)NCCOCCN(C)C. The predicted octanol–water partition coefficient (Wildman–Crippen LogP) is 2.91. The summed E-state index contributed by atoms with van der Waals surface area (Å²) < 4.78 is 5.61. The van der Waals surface area contributed by atoms with Crippen LogP contribution in [0.2, 0.25) is 0 Å². The van der Waals surface area contributed by atoms with E-state index in [1.807, 2.05) is 0 Å². The van der Waals surface area contributed by atoms with Crippen LogP contribution in [0.15, 0.2) is 30.3 Å². The lowest BCUT2D eigenvalue weighted by atomic mass is 9.79. The number of ether oxygens (including phenoxy) is 1. The molecule has 0 saturated carbocycles. The molecule has 1 N–H and O–H groups in total. The van der Waals surface area contributed by atoms with Crippen molar-refractivity contribution in [2.45, 2.75) is 38.6 Å². The van der Waals surface area contributed by atoms with Crippen LogP contribution in [0.1, 0.15) is 32.8 Å². The lowest BCUT2D eigenvalue weighted by Crippen LogP contribution is -2.35. The molecule has 0 bridgehead atoms. The smallest absolute Gasteiger partial charge is 0.0593 e. The molecule has 0 fully saturated rings. The molecule has 120 valence electrons. The molecule has 1 atom stereocenters. The molecular formula is C18H32N2O. The lowest BCUT2D eigenvalue weighted by Gasteiger charge is -2.29. The van der Waals surface area contributed by atoms with Crippen LogP contribution in [0.4, 0.5) is 0 Å². The normalized spacial score (nSPS) is 13.6. The minimum absolute atomic E-state index is 0.194. The zero-order valence-electron chi connectivity index (χ0n) is 14.4. The fourth-order valence-corrected chi connectivity index (χ4v) is 2.57. The highest BCUT2D eigenvalue weighted by Gasteiger charge is 2.22. The van der Waals surface area contributed by atoms with Crippen molar-refractivity contribution in [1.82, 2.24) is 10.2 Å². The summed E-state index contributed by atoms with van der Waals surface area (Å²) in [7, 11) is 4.13. The first-order chi connectivity index (χ1) is 9.92. The molecule has 0 aromatic heterocycles. The molecule has 1 aromatic rings. The second kappa shape index (κ2) is 9.19. The molecule has 0 aliphatic rings. The summed E-state index contributed by atoms with van der Waals surface area (Å²) >= 11 is 0. The van der Waals surface area contributed by atoms with E-state index >= 15 is 0 Å². The van der Waals surface area contributed by atoms with Gasteiger partial charge in [-0.05, 0) is 38.4 Å². The Morgan fingerprint density at radius 3 is 2.43 bits per heavy atom. The Balaban J connectivity index is 2.22. The van der Waals surface area contributed by atoms with E-state index in [1.165, 1.54) is 5.56 Å². The number of nitrogens with zero attached hydrogens (tertiary/aromatic N) is 1. The van der Waals surface area contributed by atoms with Gasteiger partial charge in [-0.2, -0.15) is 0 Å². The Kier molecular flexibility index (Phi) is 7.94. The van der Waals surface area contributed by atoms with Gasteiger partial charge in [0.2, 0.25) is 0 Å². The monoisotopic (exact) mass is 292 g/mol. The van der Waals surface area contributed by atoms with Gasteiger partial charge in [-0.15, -0.1) is 0 Å². The predicted molar refractivity (Wildman–Crippen MR) is 90.9 cm³/mol. The molecular weight excluding hydrogens is 260 g/mol. The molecule has 3 heteroatoms. The van der Waals surface area contributed by atoms with Gasteiger partial charge in [0, 0.05) is 19.1 Å². The molecule has 1 rings (SSSR count). The first-order valence-corrected chi connectivity index (χ1v) is 7.93. The fourth-order valence-electron chi connectivity index (χ4n) is 2.57. The highest BCUT2D eigenvalue weighted by atomic mass is 16.5. The topological polar surface area (TPSA) is 24.5 Å². The summed E-state index contributed by atoms with van der Waals surface area (Å²) in [5, 5.41) is 3.56. The van der Waals surface area contributed by atoms with E-state index in [4.69, 9.17) is 4.74 Å². The maximum Gasteiger partial charge on any atom is 0.0593 e. The van der Waals surface area contributed by atoms with E-state index < -0.39 is 0 Å². The van der Waals surface area contributed by atoms with Crippen molar-refractivity contribution in [3.05, 3.63) is 35.9 Å². The fraction of sp³-hybridized carbons (Fsp3) is 0.667. The van der Waals surface area contributed by atoms with Crippen molar-refractivity contribution >= 4 is 0 Å². The first-order valence-electron chi connectivity index (χ1n) is 7.93. The maximum absolute atomic E-state index is 5.61. The number of benzene rings is 1. The zero-order chi connectivity index (χ0) is 15.7. The molecule has 1 unspecified atom stereocenters. The quantitative estimate of drug-likeness (QED) is 0.671. The van der Waals surface area contributed by atoms with Gasteiger partial charge in [-0.1, -0.05) is 44.2 Å². The number of nitrogens with one attached hydrogen (secondary N) is 1. The van der Waals surface area contributed by atoms with Gasteiger partial charge in [0.1, 0.15) is 0 Å². The highest BCUT2D eigenvalue weighted by Crippen LogP contribution is 2.27. The molecule has 0 heterocycles. The van der Waals surface area contributed by atoms with E-state index in [2.05, 4.69) is 75.4 Å². The molecule has 0 amide bonds. The molecule has 0 radical (unpaired) electrons. The average Bonchev–Trinajstić information content (AvgIpc) is 2.43. The van der Waals surface area contributed by atoms with Crippen molar-refractivity contribution in [2.75, 3.05) is 40.4 Å². The van der Waals surface area contributed by atoms with Gasteiger partial charge < -0.3 is 15.0 Å². The minimum atomic E-state index is 0.194. The van der Waals surface area contributed by atoms with Gasteiger partial charge in [0.05, 0.1) is 13.2 Å². The van der Waals surface area contributed by atoms with Crippen LogP contribution in [-0.4, -0.2) is 51.3 Å². The van der Waals surface area contributed by atoms with E-state index in [0.29, 0.717) is 6.04 Å². The van der Waals surface area contributed by atoms with Crippen LogP contribution in [0, 0.1) is 0 Å². The number of likely N-dealkylation sites (N-methyl/N-ethyl adjacent to an activating group) is 1. The first kappa shape index (κ1) is 18.1. The molecule has 0 saturated heterocycles. The van der Waals surface area contributed by atoms with Gasteiger partial charge in [0.15, 0.2) is 0 Å². The summed E-state index contributed by atoms with van der Waals surface area (Å²) in [6, 6.07) is 11.2. The van der Waals surface area contributed by atoms with Crippen LogP contribution >= 0.6 is 0 Å². The Morgan fingerprint density at radius 2 is 1.81 bits per heavy atom. The maximum atomic E-state index is 5.61. The van der Waals surface area contributed by atoms with E-state index in [-0.39, 0.29) is 5.41 Å². The van der Waals surface area contributed by atoms with Crippen LogP contribution < -0.4 is 5.32 Å². The number of hydrogen-bond acceptors (Lipinski definition) is 3. The van der Waals surface area contributed by atoms with Gasteiger partial charge in [-0.25, -0.2) is 0 Å². The van der Waals surface area contributed by atoms with E-state index in [9.17, 15) is 0 Å². The van der Waals surface area contributed by atoms with Gasteiger partial charge >= 0.3 is 0 Å². The van der Waals surface area contributed by atoms with Crippen LogP contribution in [-0.2, 0) is 10.2 Å². The number of rotatable bonds is 10. The number of hydrogen-bond donors (Lipinski definition) is 1. The molecule has 1 aromatic carbocycles. The zero-order valence-corrected chi connectivity index (χ0v) is 14.4. The molecule has 0 aliphatic heterocycles. The highest BCUT2D eigenvalue weighted by molar-refractivity contribution is 5.23. The average molecular weight is 292 g/mol. The molecule has 21 heavy (non-hydrogen) atoms. The summed E-state index contributed by atoms with van der Waals surface area (Å²) in [6.07, 6.45) is 1.12. The van der Waals surface area contributed by atoms with Crippen LogP contribution in [0.3, 0.4) is 0 Å². The van der Waals surface area contributed by atoms with Crippen molar-refractivity contribution in [3.63, 3.8) is 0 Å². The second-order valence-corrected chi connectivity index (χ2v) is 6.72. The second-order valence-electron chi connectivity index (χ2n) is 6.72. The third-order valence-electron chi connectivity index (χ3n) is 3.79. The van der Waals surface area contributed by atoms with Crippen LogP contribution in [0.25, 0.3) is 0 Å². The Morgan fingerprint density at radius 1 is 1.14 bits per heavy atom. The molecule has 0 spiro atoms. The third kappa shape index (κ3) is 7.60. The Labute approximate surface area is 130 Å². The summed E-state index contributed by atoms with van der Waals surface area (Å²) in [5.41, 5.74) is 1.60. The van der Waals surface area contributed by atoms with Gasteiger partial charge in [0.25, 0.3) is 0 Å². The van der Waals surface area contributed by atoms with E-state index in [0.717, 1.165) is 32.7 Å². The molecule has 3 nitrogen and oxygen atoms in total. The van der Waals surface area contributed by atoms with Crippen molar-refractivity contribution in [3.8, 4) is 0 Å². The van der Waals surface area contributed by atoms with E-state index in [1.54, 1.807) is 0 Å². The van der Waals surface area contributed by atoms with Crippen molar-refractivity contribution in [1.29, 1.82) is 0 Å². The van der Waals surface area contributed by atoms with Gasteiger partial charge in [-0.3, -0.25) is 0 Å². The van der Waals surface area contributed by atoms with Crippen molar-refractivity contribution in [2.24, 2.45) is 0 Å². The third-order valence-corrected chi connectivity index (χ3v) is 3.79. The minimum Gasteiger partial charge on any atom is -0.379 e. The van der Waals surface area contributed by atoms with Crippen molar-refractivity contribution < 1.29 is 4.74 Å².